The first kappa shape index (κ1) is 12.7. The second kappa shape index (κ2) is 5.29. The van der Waals surface area contributed by atoms with Crippen LogP contribution < -0.4 is 0 Å². The van der Waals surface area contributed by atoms with E-state index in [1.807, 2.05) is 0 Å². The van der Waals surface area contributed by atoms with E-state index in [0.29, 0.717) is 5.02 Å². The van der Waals surface area contributed by atoms with E-state index in [1.54, 1.807) is 12.1 Å². The van der Waals surface area contributed by atoms with E-state index in [2.05, 4.69) is 4.98 Å². The Labute approximate surface area is 113 Å². The van der Waals surface area contributed by atoms with Crippen LogP contribution in [-0.4, -0.2) is 16.6 Å². The van der Waals surface area contributed by atoms with E-state index < -0.39 is 11.6 Å². The topological polar surface area (TPSA) is 47.0 Å². The number of pyridine rings is 1. The fourth-order valence-corrected chi connectivity index (χ4v) is 1.71. The first-order valence-corrected chi connectivity index (χ1v) is 5.79. The zero-order valence-electron chi connectivity index (χ0n) is 9.06. The van der Waals surface area contributed by atoms with Gasteiger partial charge in [-0.2, -0.15) is 0 Å². The molecular weight excluding hydrogens is 273 g/mol. The van der Waals surface area contributed by atoms with Crippen LogP contribution in [0.1, 0.15) is 20.7 Å². The van der Waals surface area contributed by atoms with Crippen LogP contribution in [0.5, 0.6) is 0 Å². The van der Waals surface area contributed by atoms with Gasteiger partial charge in [0, 0.05) is 22.3 Å². The fraction of sp³-hybridized carbons (Fsp3) is 0. The standard InChI is InChI=1S/C13H7Cl2NO2/c14-10-3-1-8(2-4-10)12(17)13(18)9-5-6-16-11(15)7-9/h1-7H. The summed E-state index contributed by atoms with van der Waals surface area (Å²) in [6, 6.07) is 8.93. The molecule has 3 nitrogen and oxygen atoms in total. The van der Waals surface area contributed by atoms with Crippen molar-refractivity contribution in [1.82, 2.24) is 4.98 Å². The van der Waals surface area contributed by atoms with Crippen LogP contribution in [0, 0.1) is 0 Å². The summed E-state index contributed by atoms with van der Waals surface area (Å²) < 4.78 is 0. The van der Waals surface area contributed by atoms with Gasteiger partial charge in [-0.25, -0.2) is 4.98 Å². The minimum atomic E-state index is -0.623. The number of carbonyl (C=O) groups excluding carboxylic acids is 2. The van der Waals surface area contributed by atoms with Crippen molar-refractivity contribution in [3.05, 3.63) is 63.9 Å². The van der Waals surface area contributed by atoms with Crippen molar-refractivity contribution in [3.63, 3.8) is 0 Å². The predicted octanol–water partition coefficient (Wildman–Crippen LogP) is 3.45. The molecule has 1 aromatic carbocycles. The van der Waals surface area contributed by atoms with Gasteiger partial charge in [-0.1, -0.05) is 23.2 Å². The zero-order chi connectivity index (χ0) is 13.1. The number of halogens is 2. The van der Waals surface area contributed by atoms with Gasteiger partial charge in [0.25, 0.3) is 0 Å². The minimum absolute atomic E-state index is 0.171. The van der Waals surface area contributed by atoms with Gasteiger partial charge < -0.3 is 0 Å². The summed E-state index contributed by atoms with van der Waals surface area (Å²) in [5, 5.41) is 0.677. The van der Waals surface area contributed by atoms with Gasteiger partial charge in [0.1, 0.15) is 5.15 Å². The lowest BCUT2D eigenvalue weighted by Crippen LogP contribution is -2.14. The molecule has 0 fully saturated rings. The number of Topliss-reactive ketones (excluding diaryl/α,β-unsaturated/α-hetero) is 2. The predicted molar refractivity (Wildman–Crippen MR) is 69.4 cm³/mol. The van der Waals surface area contributed by atoms with Gasteiger partial charge in [0.05, 0.1) is 0 Å². The number of benzene rings is 1. The second-order valence-corrected chi connectivity index (χ2v) is 4.36. The molecule has 2 rings (SSSR count). The molecule has 18 heavy (non-hydrogen) atoms. The Kier molecular flexibility index (Phi) is 3.75. The Bertz CT molecular complexity index is 609. The third-order valence-corrected chi connectivity index (χ3v) is 2.76. The molecule has 2 aromatic rings. The molecule has 0 aliphatic heterocycles. The summed E-state index contributed by atoms with van der Waals surface area (Å²) in [5.41, 5.74) is 0.507. The largest absolute Gasteiger partial charge is 0.285 e. The molecule has 0 unspecified atom stereocenters. The molecule has 0 saturated heterocycles. The van der Waals surface area contributed by atoms with Gasteiger partial charge in [0.15, 0.2) is 0 Å². The highest BCUT2D eigenvalue weighted by molar-refractivity contribution is 6.49. The Balaban J connectivity index is 2.29. The lowest BCUT2D eigenvalue weighted by molar-refractivity contribution is 0.0817. The average Bonchev–Trinajstić information content (AvgIpc) is 2.38. The van der Waals surface area contributed by atoms with Crippen molar-refractivity contribution in [2.24, 2.45) is 0 Å². The number of carbonyl (C=O) groups is 2. The van der Waals surface area contributed by atoms with Gasteiger partial charge in [-0.15, -0.1) is 0 Å². The first-order chi connectivity index (χ1) is 8.58. The highest BCUT2D eigenvalue weighted by Gasteiger charge is 2.18. The summed E-state index contributed by atoms with van der Waals surface area (Å²) in [5.74, 6) is -1.23. The van der Waals surface area contributed by atoms with Crippen molar-refractivity contribution >= 4 is 34.8 Å². The van der Waals surface area contributed by atoms with E-state index >= 15 is 0 Å². The van der Waals surface area contributed by atoms with Crippen LogP contribution in [0.15, 0.2) is 42.6 Å². The summed E-state index contributed by atoms with van der Waals surface area (Å²) in [4.78, 5) is 27.6. The van der Waals surface area contributed by atoms with Crippen molar-refractivity contribution in [3.8, 4) is 0 Å². The van der Waals surface area contributed by atoms with Crippen LogP contribution in [0.4, 0.5) is 0 Å². The molecule has 0 saturated carbocycles. The quantitative estimate of drug-likeness (QED) is 0.491. The third kappa shape index (κ3) is 2.75. The van der Waals surface area contributed by atoms with Gasteiger partial charge in [0.2, 0.25) is 11.6 Å². The zero-order valence-corrected chi connectivity index (χ0v) is 10.6. The average molecular weight is 280 g/mol. The number of nitrogens with zero attached hydrogens (tertiary/aromatic N) is 1. The monoisotopic (exact) mass is 279 g/mol. The van der Waals surface area contributed by atoms with Crippen LogP contribution in [-0.2, 0) is 0 Å². The number of hydrogen-bond acceptors (Lipinski definition) is 3. The Morgan fingerprint density at radius 1 is 0.889 bits per heavy atom. The van der Waals surface area contributed by atoms with E-state index in [4.69, 9.17) is 23.2 Å². The maximum absolute atomic E-state index is 11.9. The molecule has 0 bridgehead atoms. The number of hydrogen-bond donors (Lipinski definition) is 0. The molecule has 0 radical (unpaired) electrons. The molecule has 0 atom stereocenters. The SMILES string of the molecule is O=C(C(=O)c1ccnc(Cl)c1)c1ccc(Cl)cc1. The maximum Gasteiger partial charge on any atom is 0.233 e. The number of aromatic nitrogens is 1. The van der Waals surface area contributed by atoms with Gasteiger partial charge in [-0.3, -0.25) is 9.59 Å². The van der Waals surface area contributed by atoms with Crippen molar-refractivity contribution < 1.29 is 9.59 Å². The van der Waals surface area contributed by atoms with E-state index in [9.17, 15) is 9.59 Å². The Morgan fingerprint density at radius 2 is 1.50 bits per heavy atom. The molecule has 1 heterocycles. The van der Waals surface area contributed by atoms with Crippen molar-refractivity contribution in [2.45, 2.75) is 0 Å². The summed E-state index contributed by atoms with van der Waals surface area (Å²) in [6.07, 6.45) is 1.38. The van der Waals surface area contributed by atoms with Crippen LogP contribution >= 0.6 is 23.2 Å². The summed E-state index contributed by atoms with van der Waals surface area (Å²) in [7, 11) is 0. The number of ketones is 2. The van der Waals surface area contributed by atoms with Crippen molar-refractivity contribution in [2.75, 3.05) is 0 Å². The molecule has 0 aliphatic carbocycles. The second-order valence-electron chi connectivity index (χ2n) is 3.53. The molecule has 5 heteroatoms. The highest BCUT2D eigenvalue weighted by Crippen LogP contribution is 2.14. The molecule has 0 spiro atoms. The Morgan fingerprint density at radius 3 is 2.11 bits per heavy atom. The minimum Gasteiger partial charge on any atom is -0.285 e. The smallest absolute Gasteiger partial charge is 0.233 e. The maximum atomic E-state index is 11.9. The molecule has 0 aliphatic rings. The van der Waals surface area contributed by atoms with Crippen molar-refractivity contribution in [1.29, 1.82) is 0 Å². The van der Waals surface area contributed by atoms with Gasteiger partial charge in [-0.05, 0) is 36.4 Å². The van der Waals surface area contributed by atoms with E-state index in [-0.39, 0.29) is 16.3 Å². The lowest BCUT2D eigenvalue weighted by atomic mass is 10.0. The molecule has 1 aromatic heterocycles. The van der Waals surface area contributed by atoms with Gasteiger partial charge >= 0.3 is 0 Å². The molecule has 90 valence electrons. The Hall–Kier alpha value is -1.71. The summed E-state index contributed by atoms with van der Waals surface area (Å²) >= 11 is 11.4. The van der Waals surface area contributed by atoms with E-state index in [0.717, 1.165) is 0 Å². The number of rotatable bonds is 3. The van der Waals surface area contributed by atoms with E-state index in [1.165, 1.54) is 30.5 Å². The lowest BCUT2D eigenvalue weighted by Gasteiger charge is -2.01. The molecular formula is C13H7Cl2NO2. The van der Waals surface area contributed by atoms with Crippen LogP contribution in [0.3, 0.4) is 0 Å². The first-order valence-electron chi connectivity index (χ1n) is 5.04. The third-order valence-electron chi connectivity index (χ3n) is 2.30. The normalized spacial score (nSPS) is 10.1. The van der Waals surface area contributed by atoms with Crippen LogP contribution in [0.25, 0.3) is 0 Å². The molecule has 0 N–H and O–H groups in total. The van der Waals surface area contributed by atoms with Crippen LogP contribution in [0.2, 0.25) is 10.2 Å². The summed E-state index contributed by atoms with van der Waals surface area (Å²) in [6.45, 7) is 0. The molecule has 0 amide bonds. The fourth-order valence-electron chi connectivity index (χ4n) is 1.41. The highest BCUT2D eigenvalue weighted by atomic mass is 35.5.